The number of hydrogen-bond donors (Lipinski definition) is 0. The van der Waals surface area contributed by atoms with Gasteiger partial charge in [0, 0.05) is 17.8 Å². The predicted molar refractivity (Wildman–Crippen MR) is 88.2 cm³/mol. The average Bonchev–Trinajstić information content (AvgIpc) is 3.03. The molecule has 1 aromatic carbocycles. The van der Waals surface area contributed by atoms with Crippen molar-refractivity contribution in [3.05, 3.63) is 58.9 Å². The Bertz CT molecular complexity index is 732. The summed E-state index contributed by atoms with van der Waals surface area (Å²) in [6.45, 7) is 0. The number of benzene rings is 1. The van der Waals surface area contributed by atoms with E-state index in [2.05, 4.69) is 46.4 Å². The quantitative estimate of drug-likeness (QED) is 0.487. The van der Waals surface area contributed by atoms with Gasteiger partial charge in [-0.3, -0.25) is 4.40 Å². The molecule has 4 rings (SSSR count). The van der Waals surface area contributed by atoms with Crippen molar-refractivity contribution < 1.29 is 0 Å². The Hall–Kier alpha value is -1.32. The zero-order valence-corrected chi connectivity index (χ0v) is 13.3. The van der Waals surface area contributed by atoms with Crippen molar-refractivity contribution in [2.75, 3.05) is 0 Å². The first-order valence-corrected chi connectivity index (χ1v) is 8.76. The first-order valence-electron chi connectivity index (χ1n) is 7.44. The molecule has 2 atom stereocenters. The second-order valence-electron chi connectivity index (χ2n) is 5.78. The second kappa shape index (κ2) is 5.47. The van der Waals surface area contributed by atoms with Crippen LogP contribution in [0.5, 0.6) is 0 Å². The van der Waals surface area contributed by atoms with E-state index < -0.39 is 0 Å². The second-order valence-corrected chi connectivity index (χ2v) is 7.13. The summed E-state index contributed by atoms with van der Waals surface area (Å²) in [6.07, 6.45) is 8.72. The molecule has 0 saturated heterocycles. The number of alkyl halides is 1. The molecule has 0 spiro atoms. The molecule has 0 bridgehead atoms. The lowest BCUT2D eigenvalue weighted by molar-refractivity contribution is 0.461. The molecule has 2 unspecified atom stereocenters. The molecule has 0 fully saturated rings. The van der Waals surface area contributed by atoms with Gasteiger partial charge in [-0.1, -0.05) is 24.3 Å². The van der Waals surface area contributed by atoms with E-state index in [-0.39, 0.29) is 5.38 Å². The normalized spacial score (nSPS) is 22.1. The molecule has 108 valence electrons. The van der Waals surface area contributed by atoms with E-state index in [4.69, 9.17) is 16.6 Å². The molecule has 0 aliphatic heterocycles. The van der Waals surface area contributed by atoms with Crippen LogP contribution in [0.2, 0.25) is 0 Å². The summed E-state index contributed by atoms with van der Waals surface area (Å²) in [7, 11) is 0. The highest BCUT2D eigenvalue weighted by atomic mass is 35.5. The highest BCUT2D eigenvalue weighted by Gasteiger charge is 2.26. The van der Waals surface area contributed by atoms with Crippen LogP contribution < -0.4 is 0 Å². The maximum atomic E-state index is 6.81. The predicted octanol–water partition coefficient (Wildman–Crippen LogP) is 4.87. The van der Waals surface area contributed by atoms with Crippen molar-refractivity contribution in [2.45, 2.75) is 31.1 Å². The third-order valence-corrected chi connectivity index (χ3v) is 5.76. The molecule has 0 radical (unpaired) electrons. The number of hydrogen-bond acceptors (Lipinski definition) is 2. The van der Waals surface area contributed by atoms with E-state index in [1.165, 1.54) is 24.0 Å². The molecule has 4 heteroatoms. The van der Waals surface area contributed by atoms with Crippen LogP contribution in [0.25, 0.3) is 4.96 Å². The fraction of sp³-hybridized carbons (Fsp3) is 0.353. The smallest absolute Gasteiger partial charge is 0.193 e. The van der Waals surface area contributed by atoms with Gasteiger partial charge in [-0.2, -0.15) is 0 Å². The average molecular weight is 317 g/mol. The molecule has 2 nitrogen and oxygen atoms in total. The van der Waals surface area contributed by atoms with Crippen molar-refractivity contribution >= 4 is 27.9 Å². The number of aryl methyl sites for hydroxylation is 1. The number of fused-ring (bicyclic) bond motifs is 2. The van der Waals surface area contributed by atoms with Gasteiger partial charge in [-0.15, -0.1) is 22.9 Å². The van der Waals surface area contributed by atoms with Gasteiger partial charge >= 0.3 is 0 Å². The Kier molecular flexibility index (Phi) is 3.48. The maximum Gasteiger partial charge on any atom is 0.193 e. The molecule has 1 aliphatic rings. The van der Waals surface area contributed by atoms with Crippen molar-refractivity contribution in [1.82, 2.24) is 9.38 Å². The summed E-state index contributed by atoms with van der Waals surface area (Å²) in [5, 5.41) is 2.17. The monoisotopic (exact) mass is 316 g/mol. The maximum absolute atomic E-state index is 6.81. The third-order valence-electron chi connectivity index (χ3n) is 4.40. The van der Waals surface area contributed by atoms with Gasteiger partial charge in [0.25, 0.3) is 0 Å². The number of thiazole rings is 1. The van der Waals surface area contributed by atoms with Gasteiger partial charge < -0.3 is 0 Å². The summed E-state index contributed by atoms with van der Waals surface area (Å²) >= 11 is 8.49. The lowest BCUT2D eigenvalue weighted by Crippen LogP contribution is -2.10. The van der Waals surface area contributed by atoms with Crippen LogP contribution in [0.3, 0.4) is 0 Å². The molecular formula is C17H17ClN2S. The van der Waals surface area contributed by atoms with Gasteiger partial charge in [0.15, 0.2) is 4.96 Å². The Morgan fingerprint density at radius 1 is 1.33 bits per heavy atom. The minimum absolute atomic E-state index is 0.100. The van der Waals surface area contributed by atoms with Crippen LogP contribution in [0.1, 0.15) is 35.0 Å². The van der Waals surface area contributed by atoms with Crippen molar-refractivity contribution in [2.24, 2.45) is 5.92 Å². The van der Waals surface area contributed by atoms with Crippen LogP contribution in [0.4, 0.5) is 0 Å². The Morgan fingerprint density at radius 2 is 2.24 bits per heavy atom. The van der Waals surface area contributed by atoms with E-state index in [0.717, 1.165) is 23.5 Å². The van der Waals surface area contributed by atoms with Crippen LogP contribution in [-0.4, -0.2) is 9.38 Å². The SMILES string of the molecule is ClC1c2ccccc2CCCC1Cc1cn2ccsc2n1. The molecule has 0 N–H and O–H groups in total. The standard InChI is InChI=1S/C17H17ClN2S/c18-16-13(6-3-5-12-4-1-2-7-15(12)16)10-14-11-20-8-9-21-17(20)19-14/h1-2,4,7-9,11,13,16H,3,5-6,10H2. The van der Waals surface area contributed by atoms with Gasteiger partial charge in [0.05, 0.1) is 11.1 Å². The summed E-state index contributed by atoms with van der Waals surface area (Å²) in [4.78, 5) is 5.78. The van der Waals surface area contributed by atoms with Gasteiger partial charge in [0.1, 0.15) is 0 Å². The lowest BCUT2D eigenvalue weighted by atomic mass is 9.92. The molecule has 1 aliphatic carbocycles. The van der Waals surface area contributed by atoms with E-state index in [1.54, 1.807) is 11.3 Å². The van der Waals surface area contributed by atoms with E-state index in [1.807, 2.05) is 0 Å². The minimum atomic E-state index is 0.100. The Labute approximate surface area is 133 Å². The van der Waals surface area contributed by atoms with E-state index in [9.17, 15) is 0 Å². The molecule has 0 saturated carbocycles. The Balaban J connectivity index is 1.61. The number of aromatic nitrogens is 2. The Morgan fingerprint density at radius 3 is 3.14 bits per heavy atom. The lowest BCUT2D eigenvalue weighted by Gasteiger charge is -2.20. The first-order chi connectivity index (χ1) is 10.3. The van der Waals surface area contributed by atoms with Gasteiger partial charge in [-0.05, 0) is 42.7 Å². The van der Waals surface area contributed by atoms with E-state index in [0.29, 0.717) is 5.92 Å². The molecule has 21 heavy (non-hydrogen) atoms. The first kappa shape index (κ1) is 13.4. The zero-order valence-electron chi connectivity index (χ0n) is 11.7. The summed E-state index contributed by atoms with van der Waals surface area (Å²) in [6, 6.07) is 8.63. The largest absolute Gasteiger partial charge is 0.297 e. The van der Waals surface area contributed by atoms with Crippen molar-refractivity contribution in [1.29, 1.82) is 0 Å². The molecule has 3 aromatic rings. The molecular weight excluding hydrogens is 300 g/mol. The summed E-state index contributed by atoms with van der Waals surface area (Å²) in [5.41, 5.74) is 3.91. The van der Waals surface area contributed by atoms with E-state index >= 15 is 0 Å². The minimum Gasteiger partial charge on any atom is -0.297 e. The summed E-state index contributed by atoms with van der Waals surface area (Å²) < 4.78 is 2.11. The van der Waals surface area contributed by atoms with Gasteiger partial charge in [-0.25, -0.2) is 4.98 Å². The van der Waals surface area contributed by atoms with Crippen molar-refractivity contribution in [3.63, 3.8) is 0 Å². The molecule has 2 aromatic heterocycles. The van der Waals surface area contributed by atoms with Crippen LogP contribution in [-0.2, 0) is 12.8 Å². The third kappa shape index (κ3) is 2.49. The van der Waals surface area contributed by atoms with Crippen LogP contribution in [0, 0.1) is 5.92 Å². The summed E-state index contributed by atoms with van der Waals surface area (Å²) in [5.74, 6) is 0.472. The number of imidazole rings is 1. The molecule has 0 amide bonds. The fourth-order valence-corrected chi connectivity index (χ4v) is 4.48. The van der Waals surface area contributed by atoms with Crippen molar-refractivity contribution in [3.8, 4) is 0 Å². The molecule has 2 heterocycles. The zero-order chi connectivity index (χ0) is 14.2. The highest BCUT2D eigenvalue weighted by Crippen LogP contribution is 2.39. The number of nitrogens with zero attached hydrogens (tertiary/aromatic N) is 2. The number of rotatable bonds is 2. The topological polar surface area (TPSA) is 17.3 Å². The van der Waals surface area contributed by atoms with Crippen LogP contribution in [0.15, 0.2) is 42.0 Å². The van der Waals surface area contributed by atoms with Gasteiger partial charge in [0.2, 0.25) is 0 Å². The fourth-order valence-electron chi connectivity index (χ4n) is 3.33. The van der Waals surface area contributed by atoms with Crippen LogP contribution >= 0.6 is 22.9 Å². The highest BCUT2D eigenvalue weighted by molar-refractivity contribution is 7.15. The number of halogens is 1.